The lowest BCUT2D eigenvalue weighted by Gasteiger charge is -2.56. The molecule has 1 aromatic rings. The lowest BCUT2D eigenvalue weighted by Crippen LogP contribution is -2.60. The fraction of sp³-hybridized carbons (Fsp3) is 0.632. The van der Waals surface area contributed by atoms with E-state index in [9.17, 15) is 4.79 Å². The van der Waals surface area contributed by atoms with Gasteiger partial charge < -0.3 is 9.64 Å². The number of carbonyl (C=O) groups excluding carboxylic acids is 1. The molecule has 0 bridgehead atoms. The van der Waals surface area contributed by atoms with E-state index in [1.807, 2.05) is 11.8 Å². The maximum atomic E-state index is 12.4. The first kappa shape index (κ1) is 14.1. The average Bonchev–Trinajstić information content (AvgIpc) is 3.19. The summed E-state index contributed by atoms with van der Waals surface area (Å²) in [5, 5.41) is 0. The smallest absolute Gasteiger partial charge is 0.410 e. The van der Waals surface area contributed by atoms with Gasteiger partial charge in [-0.2, -0.15) is 0 Å². The first-order valence-corrected chi connectivity index (χ1v) is 8.72. The molecule has 118 valence electrons. The Hall–Kier alpha value is -1.51. The molecule has 0 aliphatic heterocycles. The number of carbonyl (C=O) groups is 1. The molecule has 4 rings (SSSR count). The van der Waals surface area contributed by atoms with E-state index >= 15 is 0 Å². The second kappa shape index (κ2) is 5.00. The summed E-state index contributed by atoms with van der Waals surface area (Å²) in [6, 6.07) is 11.2. The topological polar surface area (TPSA) is 29.5 Å². The molecule has 5 atom stereocenters. The number of amides is 1. The molecule has 3 nitrogen and oxygen atoms in total. The summed E-state index contributed by atoms with van der Waals surface area (Å²) in [5.41, 5.74) is 1.92. The molecule has 3 fully saturated rings. The van der Waals surface area contributed by atoms with E-state index < -0.39 is 0 Å². The van der Waals surface area contributed by atoms with Gasteiger partial charge in [-0.3, -0.25) is 0 Å². The molecule has 0 saturated heterocycles. The van der Waals surface area contributed by atoms with Gasteiger partial charge in [-0.15, -0.1) is 0 Å². The van der Waals surface area contributed by atoms with Crippen molar-refractivity contribution in [3.05, 3.63) is 35.9 Å². The molecule has 0 radical (unpaired) electrons. The summed E-state index contributed by atoms with van der Waals surface area (Å²) in [6.45, 7) is 5.15. The van der Waals surface area contributed by atoms with Crippen LogP contribution in [0.1, 0.15) is 44.6 Å². The highest BCUT2D eigenvalue weighted by Crippen LogP contribution is 2.81. The molecule has 0 heterocycles. The summed E-state index contributed by atoms with van der Waals surface area (Å²) in [6.07, 6.45) is 3.88. The molecule has 1 spiro atoms. The average molecular weight is 299 g/mol. The number of nitrogens with zero attached hydrogens (tertiary/aromatic N) is 1. The van der Waals surface area contributed by atoms with Crippen molar-refractivity contribution in [3.63, 3.8) is 0 Å². The van der Waals surface area contributed by atoms with E-state index in [1.54, 1.807) is 0 Å². The Morgan fingerprint density at radius 3 is 2.68 bits per heavy atom. The third-order valence-corrected chi connectivity index (χ3v) is 6.41. The van der Waals surface area contributed by atoms with Crippen LogP contribution in [0.15, 0.2) is 30.3 Å². The van der Waals surface area contributed by atoms with Crippen LogP contribution in [0, 0.1) is 17.3 Å². The minimum Gasteiger partial charge on any atom is -0.450 e. The van der Waals surface area contributed by atoms with Crippen molar-refractivity contribution in [3.8, 4) is 0 Å². The summed E-state index contributed by atoms with van der Waals surface area (Å²) in [4.78, 5) is 14.4. The Morgan fingerprint density at radius 1 is 1.27 bits per heavy atom. The van der Waals surface area contributed by atoms with Gasteiger partial charge in [-0.05, 0) is 55.9 Å². The molecule has 3 aliphatic carbocycles. The molecule has 0 aromatic heterocycles. The third-order valence-electron chi connectivity index (χ3n) is 6.41. The third kappa shape index (κ3) is 1.71. The monoisotopic (exact) mass is 299 g/mol. The SMILES string of the molecule is CCOC(=O)N(CC)C1C2CCC3CC32C1c1ccccc1. The zero-order valence-electron chi connectivity index (χ0n) is 13.5. The van der Waals surface area contributed by atoms with Crippen LogP contribution < -0.4 is 0 Å². The van der Waals surface area contributed by atoms with Gasteiger partial charge in [0.15, 0.2) is 0 Å². The summed E-state index contributed by atoms with van der Waals surface area (Å²) >= 11 is 0. The van der Waals surface area contributed by atoms with E-state index in [0.717, 1.165) is 12.5 Å². The van der Waals surface area contributed by atoms with Crippen molar-refractivity contribution in [2.24, 2.45) is 17.3 Å². The zero-order chi connectivity index (χ0) is 15.3. The maximum Gasteiger partial charge on any atom is 0.410 e. The molecular formula is C19H25NO2. The molecule has 3 heteroatoms. The Kier molecular flexibility index (Phi) is 3.21. The second-order valence-electron chi connectivity index (χ2n) is 7.06. The van der Waals surface area contributed by atoms with Crippen molar-refractivity contribution in [2.75, 3.05) is 13.2 Å². The lowest BCUT2D eigenvalue weighted by atomic mass is 9.55. The van der Waals surface area contributed by atoms with Crippen LogP contribution >= 0.6 is 0 Å². The van der Waals surface area contributed by atoms with Crippen molar-refractivity contribution >= 4 is 6.09 Å². The van der Waals surface area contributed by atoms with Gasteiger partial charge in [-0.1, -0.05) is 30.3 Å². The fourth-order valence-corrected chi connectivity index (χ4v) is 5.61. The molecule has 3 saturated carbocycles. The molecule has 22 heavy (non-hydrogen) atoms. The van der Waals surface area contributed by atoms with Gasteiger partial charge in [0.05, 0.1) is 6.61 Å². The molecule has 1 amide bonds. The van der Waals surface area contributed by atoms with Gasteiger partial charge in [0.25, 0.3) is 0 Å². The van der Waals surface area contributed by atoms with Gasteiger partial charge in [0, 0.05) is 18.5 Å². The van der Waals surface area contributed by atoms with Crippen molar-refractivity contribution in [1.29, 1.82) is 0 Å². The van der Waals surface area contributed by atoms with Crippen LogP contribution in [0.4, 0.5) is 4.79 Å². The maximum absolute atomic E-state index is 12.4. The van der Waals surface area contributed by atoms with E-state index in [0.29, 0.717) is 29.9 Å². The number of ether oxygens (including phenoxy) is 1. The van der Waals surface area contributed by atoms with Crippen LogP contribution in [0.25, 0.3) is 0 Å². The van der Waals surface area contributed by atoms with E-state index in [-0.39, 0.29) is 6.09 Å². The standard InChI is InChI=1S/C19H25NO2/c1-3-20(18(21)22-4-2)17-15-11-10-14-12-19(14,15)16(17)13-8-6-5-7-9-13/h5-9,14-17H,3-4,10-12H2,1-2H3. The van der Waals surface area contributed by atoms with Gasteiger partial charge >= 0.3 is 6.09 Å². The quantitative estimate of drug-likeness (QED) is 0.839. The van der Waals surface area contributed by atoms with Crippen LogP contribution in [-0.2, 0) is 4.74 Å². The first-order chi connectivity index (χ1) is 10.7. The largest absolute Gasteiger partial charge is 0.450 e. The summed E-state index contributed by atoms with van der Waals surface area (Å²) < 4.78 is 5.32. The second-order valence-corrected chi connectivity index (χ2v) is 7.06. The predicted molar refractivity (Wildman–Crippen MR) is 85.6 cm³/mol. The van der Waals surface area contributed by atoms with Crippen LogP contribution in [0.5, 0.6) is 0 Å². The van der Waals surface area contributed by atoms with Crippen molar-refractivity contribution < 1.29 is 9.53 Å². The highest BCUT2D eigenvalue weighted by Gasteiger charge is 2.77. The van der Waals surface area contributed by atoms with E-state index in [1.165, 1.54) is 24.8 Å². The Balaban J connectivity index is 1.66. The highest BCUT2D eigenvalue weighted by molar-refractivity contribution is 5.69. The van der Waals surface area contributed by atoms with Crippen LogP contribution in [0.2, 0.25) is 0 Å². The lowest BCUT2D eigenvalue weighted by molar-refractivity contribution is -0.0288. The van der Waals surface area contributed by atoms with Crippen LogP contribution in [-0.4, -0.2) is 30.2 Å². The molecule has 0 N–H and O–H groups in total. The Morgan fingerprint density at radius 2 is 2.05 bits per heavy atom. The number of likely N-dealkylation sites (N-methyl/N-ethyl adjacent to an activating group) is 1. The van der Waals surface area contributed by atoms with E-state index in [2.05, 4.69) is 37.3 Å². The minimum absolute atomic E-state index is 0.130. The van der Waals surface area contributed by atoms with Gasteiger partial charge in [0.1, 0.15) is 0 Å². The van der Waals surface area contributed by atoms with Gasteiger partial charge in [0.2, 0.25) is 0 Å². The Labute approximate surface area is 132 Å². The Bertz CT molecular complexity index is 572. The molecular weight excluding hydrogens is 274 g/mol. The summed E-state index contributed by atoms with van der Waals surface area (Å²) in [7, 11) is 0. The van der Waals surface area contributed by atoms with Crippen molar-refractivity contribution in [1.82, 2.24) is 4.90 Å². The highest BCUT2D eigenvalue weighted by atomic mass is 16.6. The fourth-order valence-electron chi connectivity index (χ4n) is 5.61. The van der Waals surface area contributed by atoms with Gasteiger partial charge in [-0.25, -0.2) is 4.79 Å². The minimum atomic E-state index is -0.130. The number of benzene rings is 1. The summed E-state index contributed by atoms with van der Waals surface area (Å²) in [5.74, 6) is 2.10. The molecule has 1 aromatic carbocycles. The molecule has 3 aliphatic rings. The van der Waals surface area contributed by atoms with Crippen LogP contribution in [0.3, 0.4) is 0 Å². The van der Waals surface area contributed by atoms with E-state index in [4.69, 9.17) is 4.74 Å². The number of hydrogen-bond donors (Lipinski definition) is 0. The number of rotatable bonds is 4. The van der Waals surface area contributed by atoms with Crippen molar-refractivity contribution in [2.45, 2.75) is 45.1 Å². The molecule has 5 unspecified atom stereocenters. The predicted octanol–water partition coefficient (Wildman–Crippen LogP) is 4.05. The normalized spacial score (nSPS) is 37.7. The first-order valence-electron chi connectivity index (χ1n) is 8.72. The zero-order valence-corrected chi connectivity index (χ0v) is 13.5. The number of hydrogen-bond acceptors (Lipinski definition) is 2.